The Morgan fingerprint density at radius 2 is 0.931 bits per heavy atom. The average molecular weight is 812 g/mol. The number of esters is 1. The van der Waals surface area contributed by atoms with Crippen molar-refractivity contribution in [2.45, 2.75) is 251 Å². The molecule has 0 saturated carbocycles. The molecule has 0 aliphatic rings. The van der Waals surface area contributed by atoms with Gasteiger partial charge in [0.15, 0.2) is 0 Å². The highest BCUT2D eigenvalue weighted by Gasteiger charge is 2.24. The van der Waals surface area contributed by atoms with Crippen LogP contribution in [0, 0.1) is 0 Å². The molecular weight excluding hydrogens is 719 g/mol. The Balaban J connectivity index is 4.71. The quantitative estimate of drug-likeness (QED) is 0.0324. The molecule has 0 aliphatic heterocycles. The lowest BCUT2D eigenvalue weighted by molar-refractivity contribution is -0.151. The summed E-state index contributed by atoms with van der Waals surface area (Å²) in [4.78, 5) is 26.0. The summed E-state index contributed by atoms with van der Waals surface area (Å²) in [5.41, 5.74) is 0. The Bertz CT molecular complexity index is 1050. The summed E-state index contributed by atoms with van der Waals surface area (Å²) in [5.74, 6) is -0.529. The zero-order valence-electron chi connectivity index (χ0n) is 38.2. The number of amides is 1. The summed E-state index contributed by atoms with van der Waals surface area (Å²) < 4.78 is 5.89. The maximum Gasteiger partial charge on any atom is 0.306 e. The Morgan fingerprint density at radius 1 is 0.517 bits per heavy atom. The van der Waals surface area contributed by atoms with Gasteiger partial charge in [-0.1, -0.05) is 216 Å². The first-order valence-corrected chi connectivity index (χ1v) is 24.5. The summed E-state index contributed by atoms with van der Waals surface area (Å²) >= 11 is 0. The van der Waals surface area contributed by atoms with Crippen molar-refractivity contribution in [2.24, 2.45) is 0 Å². The maximum absolute atomic E-state index is 13.1. The molecule has 3 atom stereocenters. The van der Waals surface area contributed by atoms with E-state index in [1.807, 2.05) is 0 Å². The van der Waals surface area contributed by atoms with Gasteiger partial charge in [0.1, 0.15) is 6.10 Å². The van der Waals surface area contributed by atoms with Gasteiger partial charge in [-0.05, 0) is 64.2 Å². The minimum atomic E-state index is -0.801. The SMILES string of the molecule is CC/C=C\C/C=C\C/C=C\C/C=C\C/C=C\CCCC(CC(=O)NC(CO)C(O)CCCCCCCCCCC)OC(=O)CCCCCCCCCCCCCCC. The van der Waals surface area contributed by atoms with Crippen molar-refractivity contribution in [3.05, 3.63) is 60.8 Å². The second-order valence-electron chi connectivity index (χ2n) is 16.5. The van der Waals surface area contributed by atoms with Crippen molar-refractivity contribution in [3.8, 4) is 0 Å². The molecule has 3 unspecified atom stereocenters. The molecule has 0 aromatic carbocycles. The summed E-state index contributed by atoms with van der Waals surface area (Å²) in [6, 6.07) is -0.718. The van der Waals surface area contributed by atoms with Crippen LogP contribution in [0.2, 0.25) is 0 Å². The first-order chi connectivity index (χ1) is 28.5. The number of carbonyl (C=O) groups is 2. The number of unbranched alkanes of at least 4 members (excludes halogenated alkanes) is 21. The molecule has 58 heavy (non-hydrogen) atoms. The molecule has 0 heterocycles. The Labute approximate surface area is 358 Å². The smallest absolute Gasteiger partial charge is 0.306 e. The van der Waals surface area contributed by atoms with Crippen molar-refractivity contribution < 1.29 is 24.5 Å². The van der Waals surface area contributed by atoms with Crippen LogP contribution >= 0.6 is 0 Å². The predicted octanol–water partition coefficient (Wildman–Crippen LogP) is 14.5. The van der Waals surface area contributed by atoms with Crippen LogP contribution in [-0.4, -0.2) is 46.9 Å². The lowest BCUT2D eigenvalue weighted by Gasteiger charge is -2.24. The van der Waals surface area contributed by atoms with E-state index in [-0.39, 0.29) is 24.9 Å². The van der Waals surface area contributed by atoms with Gasteiger partial charge in [-0.25, -0.2) is 0 Å². The molecule has 336 valence electrons. The van der Waals surface area contributed by atoms with Gasteiger partial charge in [-0.2, -0.15) is 0 Å². The number of aliphatic hydroxyl groups excluding tert-OH is 2. The molecule has 6 heteroatoms. The van der Waals surface area contributed by atoms with Gasteiger partial charge in [-0.15, -0.1) is 0 Å². The van der Waals surface area contributed by atoms with Crippen LogP contribution in [0.15, 0.2) is 60.8 Å². The van der Waals surface area contributed by atoms with E-state index < -0.39 is 18.2 Å². The molecule has 0 bridgehead atoms. The minimum Gasteiger partial charge on any atom is -0.462 e. The van der Waals surface area contributed by atoms with E-state index >= 15 is 0 Å². The van der Waals surface area contributed by atoms with E-state index in [2.05, 4.69) is 86.8 Å². The maximum atomic E-state index is 13.1. The van der Waals surface area contributed by atoms with Gasteiger partial charge in [0.05, 0.1) is 25.2 Å². The van der Waals surface area contributed by atoms with E-state index in [0.717, 1.165) is 83.5 Å². The lowest BCUT2D eigenvalue weighted by atomic mass is 10.0. The van der Waals surface area contributed by atoms with Crippen molar-refractivity contribution in [1.82, 2.24) is 5.32 Å². The monoisotopic (exact) mass is 812 g/mol. The van der Waals surface area contributed by atoms with Gasteiger partial charge < -0.3 is 20.3 Å². The highest BCUT2D eigenvalue weighted by atomic mass is 16.5. The second kappa shape index (κ2) is 45.6. The largest absolute Gasteiger partial charge is 0.462 e. The van der Waals surface area contributed by atoms with E-state index in [1.165, 1.54) is 103 Å². The molecule has 0 aromatic rings. The second-order valence-corrected chi connectivity index (χ2v) is 16.5. The van der Waals surface area contributed by atoms with E-state index in [0.29, 0.717) is 19.3 Å². The number of allylic oxidation sites excluding steroid dienone is 10. The number of carbonyl (C=O) groups excluding carboxylic acids is 2. The number of hydrogen-bond acceptors (Lipinski definition) is 5. The summed E-state index contributed by atoms with van der Waals surface area (Å²) in [5, 5.41) is 23.6. The highest BCUT2D eigenvalue weighted by molar-refractivity contribution is 5.77. The van der Waals surface area contributed by atoms with E-state index in [9.17, 15) is 19.8 Å². The van der Waals surface area contributed by atoms with Crippen LogP contribution in [0.4, 0.5) is 0 Å². The summed E-state index contributed by atoms with van der Waals surface area (Å²) in [7, 11) is 0. The molecule has 0 aromatic heterocycles. The number of hydrogen-bond donors (Lipinski definition) is 3. The third-order valence-corrected chi connectivity index (χ3v) is 10.9. The zero-order valence-corrected chi connectivity index (χ0v) is 38.2. The number of ether oxygens (including phenoxy) is 1. The van der Waals surface area contributed by atoms with Gasteiger partial charge in [-0.3, -0.25) is 9.59 Å². The van der Waals surface area contributed by atoms with Crippen LogP contribution in [-0.2, 0) is 14.3 Å². The Hall–Kier alpha value is -2.44. The fourth-order valence-electron chi connectivity index (χ4n) is 7.17. The molecule has 1 amide bonds. The standard InChI is InChI=1S/C52H93NO5/c1-4-7-10-13-16-19-21-23-24-25-26-28-29-32-34-37-40-43-48(58-52(57)45-42-39-36-33-30-27-22-20-17-14-11-8-5-2)46-51(56)53-49(47-54)50(55)44-41-38-35-31-18-15-12-9-6-3/h7,10,16,19,23-24,26,28,32,34,48-50,54-55H,4-6,8-9,11-15,17-18,20-22,25,27,29-31,33,35-47H2,1-3H3,(H,53,56)/b10-7-,19-16-,24-23-,28-26-,34-32-. The first-order valence-electron chi connectivity index (χ1n) is 24.5. The zero-order chi connectivity index (χ0) is 42.4. The molecule has 0 spiro atoms. The first kappa shape index (κ1) is 55.6. The van der Waals surface area contributed by atoms with Crippen molar-refractivity contribution in [3.63, 3.8) is 0 Å². The molecular formula is C52H93NO5. The van der Waals surface area contributed by atoms with Gasteiger partial charge in [0.2, 0.25) is 5.91 Å². The normalized spacial score (nSPS) is 13.8. The molecule has 3 N–H and O–H groups in total. The summed E-state index contributed by atoms with van der Waals surface area (Å²) in [6.07, 6.45) is 55.7. The van der Waals surface area contributed by atoms with E-state index in [4.69, 9.17) is 4.74 Å². The predicted molar refractivity (Wildman–Crippen MR) is 250 cm³/mol. The lowest BCUT2D eigenvalue weighted by Crippen LogP contribution is -2.46. The summed E-state index contributed by atoms with van der Waals surface area (Å²) in [6.45, 7) is 6.33. The van der Waals surface area contributed by atoms with Crippen molar-refractivity contribution in [2.75, 3.05) is 6.61 Å². The number of rotatable bonds is 43. The van der Waals surface area contributed by atoms with Crippen LogP contribution in [0.5, 0.6) is 0 Å². The Kier molecular flexibility index (Phi) is 43.7. The van der Waals surface area contributed by atoms with Crippen LogP contribution in [0.1, 0.15) is 233 Å². The minimum absolute atomic E-state index is 0.0390. The average Bonchev–Trinajstić information content (AvgIpc) is 3.22. The van der Waals surface area contributed by atoms with Crippen LogP contribution < -0.4 is 5.32 Å². The van der Waals surface area contributed by atoms with Gasteiger partial charge in [0.25, 0.3) is 0 Å². The van der Waals surface area contributed by atoms with Crippen molar-refractivity contribution in [1.29, 1.82) is 0 Å². The molecule has 0 fully saturated rings. The van der Waals surface area contributed by atoms with Crippen LogP contribution in [0.25, 0.3) is 0 Å². The van der Waals surface area contributed by atoms with Gasteiger partial charge >= 0.3 is 5.97 Å². The third kappa shape index (κ3) is 40.3. The van der Waals surface area contributed by atoms with Crippen LogP contribution in [0.3, 0.4) is 0 Å². The fourth-order valence-corrected chi connectivity index (χ4v) is 7.17. The van der Waals surface area contributed by atoms with Gasteiger partial charge in [0, 0.05) is 6.42 Å². The third-order valence-electron chi connectivity index (χ3n) is 10.9. The molecule has 0 saturated heterocycles. The van der Waals surface area contributed by atoms with Crippen molar-refractivity contribution >= 4 is 11.9 Å². The molecule has 0 rings (SSSR count). The Morgan fingerprint density at radius 3 is 1.38 bits per heavy atom. The molecule has 0 aliphatic carbocycles. The molecule has 0 radical (unpaired) electrons. The molecule has 6 nitrogen and oxygen atoms in total. The van der Waals surface area contributed by atoms with E-state index in [1.54, 1.807) is 0 Å². The fraction of sp³-hybridized carbons (Fsp3) is 0.769. The number of nitrogens with one attached hydrogen (secondary N) is 1. The topological polar surface area (TPSA) is 95.9 Å². The highest BCUT2D eigenvalue weighted by Crippen LogP contribution is 2.17. The number of aliphatic hydroxyl groups is 2.